The number of benzene rings is 1. The molecule has 90 valence electrons. The van der Waals surface area contributed by atoms with Crippen LogP contribution >= 0.6 is 0 Å². The standard InChI is InChI=1S/C12H15N3O2/c1-9(15-8-13)14-7-10-11(16-2)5-4-6-12(10)17-3/h4-6H,7H2,1-3H3,(H,14,15). The van der Waals surface area contributed by atoms with Crippen LogP contribution in [0, 0.1) is 11.5 Å². The number of methoxy groups -OCH3 is 2. The van der Waals surface area contributed by atoms with Crippen LogP contribution < -0.4 is 14.8 Å². The van der Waals surface area contributed by atoms with Crippen LogP contribution in [0.1, 0.15) is 12.5 Å². The second-order valence-electron chi connectivity index (χ2n) is 3.28. The van der Waals surface area contributed by atoms with Gasteiger partial charge in [0.1, 0.15) is 17.3 Å². The van der Waals surface area contributed by atoms with Gasteiger partial charge in [-0.3, -0.25) is 10.3 Å². The maximum atomic E-state index is 8.44. The Balaban J connectivity index is 2.96. The molecule has 0 fully saturated rings. The maximum Gasteiger partial charge on any atom is 0.182 e. The fraction of sp³-hybridized carbons (Fsp3) is 0.333. The molecular formula is C12H15N3O2. The van der Waals surface area contributed by atoms with Gasteiger partial charge in [0.2, 0.25) is 0 Å². The molecule has 0 radical (unpaired) electrons. The number of hydrogen-bond donors (Lipinski definition) is 1. The van der Waals surface area contributed by atoms with Gasteiger partial charge in [0, 0.05) is 0 Å². The highest BCUT2D eigenvalue weighted by atomic mass is 16.5. The number of aliphatic imine (C=N–C) groups is 1. The van der Waals surface area contributed by atoms with Crippen molar-refractivity contribution in [2.45, 2.75) is 13.5 Å². The van der Waals surface area contributed by atoms with Crippen LogP contribution in [0.15, 0.2) is 23.2 Å². The number of nitrogens with one attached hydrogen (secondary N) is 1. The van der Waals surface area contributed by atoms with Gasteiger partial charge in [-0.1, -0.05) is 6.07 Å². The second-order valence-corrected chi connectivity index (χ2v) is 3.28. The Morgan fingerprint density at radius 3 is 2.41 bits per heavy atom. The number of hydrogen-bond acceptors (Lipinski definition) is 4. The Hall–Kier alpha value is -2.22. The van der Waals surface area contributed by atoms with Crippen molar-refractivity contribution in [2.24, 2.45) is 4.99 Å². The predicted molar refractivity (Wildman–Crippen MR) is 65.1 cm³/mol. The van der Waals surface area contributed by atoms with Gasteiger partial charge in [0.05, 0.1) is 26.3 Å². The molecule has 0 saturated heterocycles. The molecule has 0 spiro atoms. The summed E-state index contributed by atoms with van der Waals surface area (Å²) in [7, 11) is 3.20. The molecule has 0 saturated carbocycles. The van der Waals surface area contributed by atoms with Crippen molar-refractivity contribution in [3.63, 3.8) is 0 Å². The summed E-state index contributed by atoms with van der Waals surface area (Å²) < 4.78 is 10.5. The Morgan fingerprint density at radius 1 is 1.35 bits per heavy atom. The Labute approximate surface area is 101 Å². The number of rotatable bonds is 4. The molecule has 1 rings (SSSR count). The topological polar surface area (TPSA) is 66.6 Å². The van der Waals surface area contributed by atoms with E-state index < -0.39 is 0 Å². The van der Waals surface area contributed by atoms with E-state index in [1.54, 1.807) is 21.1 Å². The molecular weight excluding hydrogens is 218 g/mol. The minimum atomic E-state index is 0.397. The molecule has 5 heteroatoms. The van der Waals surface area contributed by atoms with Gasteiger partial charge in [-0.2, -0.15) is 5.26 Å². The third-order valence-corrected chi connectivity index (χ3v) is 2.24. The number of nitrogens with zero attached hydrogens (tertiary/aromatic N) is 2. The van der Waals surface area contributed by atoms with E-state index in [1.807, 2.05) is 24.4 Å². The van der Waals surface area contributed by atoms with Crippen molar-refractivity contribution < 1.29 is 9.47 Å². The smallest absolute Gasteiger partial charge is 0.182 e. The summed E-state index contributed by atoms with van der Waals surface area (Å²) in [5.41, 5.74) is 0.858. The highest BCUT2D eigenvalue weighted by Crippen LogP contribution is 2.28. The molecule has 0 atom stereocenters. The number of nitriles is 1. The zero-order valence-electron chi connectivity index (χ0n) is 10.2. The number of amidine groups is 1. The van der Waals surface area contributed by atoms with Crippen LogP contribution in [-0.4, -0.2) is 20.1 Å². The molecule has 0 heterocycles. The largest absolute Gasteiger partial charge is 0.496 e. The van der Waals surface area contributed by atoms with E-state index in [0.717, 1.165) is 17.1 Å². The van der Waals surface area contributed by atoms with E-state index in [-0.39, 0.29) is 0 Å². The first-order valence-electron chi connectivity index (χ1n) is 5.09. The minimum Gasteiger partial charge on any atom is -0.496 e. The molecule has 1 aromatic carbocycles. The summed E-state index contributed by atoms with van der Waals surface area (Å²) in [5, 5.41) is 10.9. The monoisotopic (exact) mass is 233 g/mol. The van der Waals surface area contributed by atoms with Crippen molar-refractivity contribution in [1.82, 2.24) is 5.32 Å². The Morgan fingerprint density at radius 2 is 1.94 bits per heavy atom. The zero-order chi connectivity index (χ0) is 12.7. The molecule has 1 N–H and O–H groups in total. The van der Waals surface area contributed by atoms with Crippen molar-refractivity contribution in [3.05, 3.63) is 23.8 Å². The molecule has 0 aliphatic heterocycles. The van der Waals surface area contributed by atoms with E-state index in [1.165, 1.54) is 0 Å². The highest BCUT2D eigenvalue weighted by molar-refractivity contribution is 5.80. The molecule has 1 aromatic rings. The van der Waals surface area contributed by atoms with Crippen LogP contribution in [0.3, 0.4) is 0 Å². The number of ether oxygens (including phenoxy) is 2. The minimum absolute atomic E-state index is 0.397. The van der Waals surface area contributed by atoms with Crippen LogP contribution in [0.2, 0.25) is 0 Å². The van der Waals surface area contributed by atoms with Crippen molar-refractivity contribution in [1.29, 1.82) is 5.26 Å². The van der Waals surface area contributed by atoms with E-state index in [2.05, 4.69) is 10.3 Å². The zero-order valence-corrected chi connectivity index (χ0v) is 10.2. The molecule has 0 aromatic heterocycles. The van der Waals surface area contributed by atoms with E-state index in [0.29, 0.717) is 12.4 Å². The molecule has 0 unspecified atom stereocenters. The van der Waals surface area contributed by atoms with Gasteiger partial charge in [0.25, 0.3) is 0 Å². The van der Waals surface area contributed by atoms with Crippen molar-refractivity contribution >= 4 is 5.84 Å². The predicted octanol–water partition coefficient (Wildman–Crippen LogP) is 1.69. The first-order valence-corrected chi connectivity index (χ1v) is 5.09. The van der Waals surface area contributed by atoms with E-state index in [9.17, 15) is 0 Å². The van der Waals surface area contributed by atoms with E-state index in [4.69, 9.17) is 14.7 Å². The van der Waals surface area contributed by atoms with Crippen LogP contribution in [0.25, 0.3) is 0 Å². The van der Waals surface area contributed by atoms with Gasteiger partial charge in [-0.05, 0) is 19.1 Å². The quantitative estimate of drug-likeness (QED) is 0.372. The van der Waals surface area contributed by atoms with Crippen molar-refractivity contribution in [2.75, 3.05) is 14.2 Å². The van der Waals surface area contributed by atoms with Gasteiger partial charge >= 0.3 is 0 Å². The highest BCUT2D eigenvalue weighted by Gasteiger charge is 2.08. The van der Waals surface area contributed by atoms with E-state index >= 15 is 0 Å². The van der Waals surface area contributed by atoms with Gasteiger partial charge in [-0.25, -0.2) is 0 Å². The molecule has 0 bridgehead atoms. The lowest BCUT2D eigenvalue weighted by Gasteiger charge is -2.11. The second kappa shape index (κ2) is 6.38. The lowest BCUT2D eigenvalue weighted by Crippen LogP contribution is -2.13. The van der Waals surface area contributed by atoms with Crippen LogP contribution in [-0.2, 0) is 6.54 Å². The molecule has 0 aliphatic rings. The molecule has 17 heavy (non-hydrogen) atoms. The third kappa shape index (κ3) is 3.38. The molecule has 0 aliphatic carbocycles. The fourth-order valence-corrected chi connectivity index (χ4v) is 1.40. The summed E-state index contributed by atoms with van der Waals surface area (Å²) in [6.07, 6.45) is 1.82. The molecule has 5 nitrogen and oxygen atoms in total. The first kappa shape index (κ1) is 12.8. The first-order chi connectivity index (χ1) is 8.22. The lowest BCUT2D eigenvalue weighted by molar-refractivity contribution is 0.385. The maximum absolute atomic E-state index is 8.44. The Kier molecular flexibility index (Phi) is 4.82. The molecule has 0 amide bonds. The summed E-state index contributed by atoms with van der Waals surface area (Å²) in [4.78, 5) is 4.22. The third-order valence-electron chi connectivity index (χ3n) is 2.24. The van der Waals surface area contributed by atoms with Crippen LogP contribution in [0.4, 0.5) is 0 Å². The average Bonchev–Trinajstić information content (AvgIpc) is 2.36. The normalized spacial score (nSPS) is 10.6. The van der Waals surface area contributed by atoms with Gasteiger partial charge in [0.15, 0.2) is 6.19 Å². The summed E-state index contributed by atoms with van der Waals surface area (Å²) >= 11 is 0. The van der Waals surface area contributed by atoms with Crippen molar-refractivity contribution in [3.8, 4) is 17.7 Å². The lowest BCUT2D eigenvalue weighted by atomic mass is 10.2. The van der Waals surface area contributed by atoms with Gasteiger partial charge < -0.3 is 9.47 Å². The van der Waals surface area contributed by atoms with Crippen LogP contribution in [0.5, 0.6) is 11.5 Å². The van der Waals surface area contributed by atoms with Gasteiger partial charge in [-0.15, -0.1) is 0 Å². The SMILES string of the molecule is COc1cccc(OC)c1CN=C(C)NC#N. The average molecular weight is 233 g/mol. The Bertz CT molecular complexity index is 427. The summed E-state index contributed by atoms with van der Waals surface area (Å²) in [6, 6.07) is 5.55. The fourth-order valence-electron chi connectivity index (χ4n) is 1.40. The summed E-state index contributed by atoms with van der Waals surface area (Å²) in [5.74, 6) is 2.00. The summed E-state index contributed by atoms with van der Waals surface area (Å²) in [6.45, 7) is 2.12.